The predicted octanol–water partition coefficient (Wildman–Crippen LogP) is 3.63. The maximum absolute atomic E-state index is 6.32. The first-order valence-corrected chi connectivity index (χ1v) is 7.35. The van der Waals surface area contributed by atoms with Crippen LogP contribution < -0.4 is 5.73 Å². The summed E-state index contributed by atoms with van der Waals surface area (Å²) in [6.45, 7) is 4.15. The first-order chi connectivity index (χ1) is 10.1. The number of imidazole rings is 1. The quantitative estimate of drug-likeness (QED) is 0.728. The third kappa shape index (κ3) is 1.90. The standard InChI is InChI=1S/C17H18N4/c1-10-8-11(2)15(18)13(9-10)16-20-14-4-3-7-19-17(14)21(16)12-5-6-12/h3-4,7-9,12H,5-6,18H2,1-2H3. The average Bonchev–Trinajstić information content (AvgIpc) is 3.23. The summed E-state index contributed by atoms with van der Waals surface area (Å²) in [4.78, 5) is 9.33. The van der Waals surface area contributed by atoms with Crippen LogP contribution in [-0.4, -0.2) is 14.5 Å². The molecule has 3 aromatic rings. The lowest BCUT2D eigenvalue weighted by atomic mass is 10.0. The van der Waals surface area contributed by atoms with Crippen molar-refractivity contribution in [3.05, 3.63) is 41.6 Å². The molecule has 2 heterocycles. The van der Waals surface area contributed by atoms with E-state index in [0.29, 0.717) is 6.04 Å². The number of nitrogens with zero attached hydrogens (tertiary/aromatic N) is 3. The summed E-state index contributed by atoms with van der Waals surface area (Å²) in [5, 5.41) is 0. The highest BCUT2D eigenvalue weighted by atomic mass is 15.2. The molecule has 2 aromatic heterocycles. The van der Waals surface area contributed by atoms with Crippen molar-refractivity contribution < 1.29 is 0 Å². The highest BCUT2D eigenvalue weighted by Gasteiger charge is 2.30. The molecule has 0 aliphatic heterocycles. The summed E-state index contributed by atoms with van der Waals surface area (Å²) >= 11 is 0. The Kier molecular flexibility index (Phi) is 2.55. The Morgan fingerprint density at radius 2 is 2.05 bits per heavy atom. The molecular weight excluding hydrogens is 260 g/mol. The van der Waals surface area contributed by atoms with Gasteiger partial charge < -0.3 is 10.3 Å². The van der Waals surface area contributed by atoms with E-state index in [0.717, 1.165) is 33.8 Å². The fourth-order valence-electron chi connectivity index (χ4n) is 2.96. The first kappa shape index (κ1) is 12.4. The SMILES string of the molecule is Cc1cc(C)c(N)c(-c2nc3cccnc3n2C2CC2)c1. The molecule has 0 spiro atoms. The largest absolute Gasteiger partial charge is 0.398 e. The highest BCUT2D eigenvalue weighted by Crippen LogP contribution is 2.42. The monoisotopic (exact) mass is 278 g/mol. The van der Waals surface area contributed by atoms with Crippen LogP contribution in [0.2, 0.25) is 0 Å². The number of nitrogens with two attached hydrogens (primary N) is 1. The second kappa shape index (κ2) is 4.32. The number of nitrogen functional groups attached to an aromatic ring is 1. The molecule has 4 rings (SSSR count). The molecule has 106 valence electrons. The minimum absolute atomic E-state index is 0.514. The van der Waals surface area contributed by atoms with Crippen molar-refractivity contribution in [2.24, 2.45) is 0 Å². The summed E-state index contributed by atoms with van der Waals surface area (Å²) in [6, 6.07) is 8.70. The fourth-order valence-corrected chi connectivity index (χ4v) is 2.96. The minimum Gasteiger partial charge on any atom is -0.398 e. The van der Waals surface area contributed by atoms with Gasteiger partial charge in [-0.1, -0.05) is 6.07 Å². The van der Waals surface area contributed by atoms with E-state index in [1.54, 1.807) is 0 Å². The molecule has 1 fully saturated rings. The summed E-state index contributed by atoms with van der Waals surface area (Å²) in [5.74, 6) is 0.954. The fraction of sp³-hybridized carbons (Fsp3) is 0.294. The molecular formula is C17H18N4. The van der Waals surface area contributed by atoms with Crippen molar-refractivity contribution in [1.29, 1.82) is 0 Å². The van der Waals surface area contributed by atoms with Crippen molar-refractivity contribution in [2.45, 2.75) is 32.7 Å². The summed E-state index contributed by atoms with van der Waals surface area (Å²) < 4.78 is 2.26. The third-order valence-electron chi connectivity index (χ3n) is 4.13. The zero-order chi connectivity index (χ0) is 14.6. The molecule has 0 bridgehead atoms. The van der Waals surface area contributed by atoms with Crippen LogP contribution in [0.5, 0.6) is 0 Å². The van der Waals surface area contributed by atoms with Crippen LogP contribution in [0.4, 0.5) is 5.69 Å². The summed E-state index contributed by atoms with van der Waals surface area (Å²) in [6.07, 6.45) is 4.22. The molecule has 0 unspecified atom stereocenters. The molecule has 0 amide bonds. The van der Waals surface area contributed by atoms with Crippen molar-refractivity contribution in [3.63, 3.8) is 0 Å². The minimum atomic E-state index is 0.514. The van der Waals surface area contributed by atoms with Gasteiger partial charge in [-0.3, -0.25) is 0 Å². The van der Waals surface area contributed by atoms with Gasteiger partial charge in [-0.2, -0.15) is 0 Å². The van der Waals surface area contributed by atoms with Gasteiger partial charge in [0.15, 0.2) is 5.65 Å². The molecule has 1 aromatic carbocycles. The topological polar surface area (TPSA) is 56.7 Å². The van der Waals surface area contributed by atoms with Crippen LogP contribution in [0.15, 0.2) is 30.5 Å². The second-order valence-electron chi connectivity index (χ2n) is 5.93. The van der Waals surface area contributed by atoms with Gasteiger partial charge in [-0.05, 0) is 56.0 Å². The molecule has 0 saturated heterocycles. The summed E-state index contributed by atoms with van der Waals surface area (Å²) in [7, 11) is 0. The van der Waals surface area contributed by atoms with E-state index in [2.05, 4.69) is 28.6 Å². The van der Waals surface area contributed by atoms with Gasteiger partial charge >= 0.3 is 0 Å². The molecule has 21 heavy (non-hydrogen) atoms. The Labute approximate surface area is 123 Å². The molecule has 2 N–H and O–H groups in total. The van der Waals surface area contributed by atoms with E-state index in [9.17, 15) is 0 Å². The number of rotatable bonds is 2. The third-order valence-corrected chi connectivity index (χ3v) is 4.13. The zero-order valence-electron chi connectivity index (χ0n) is 12.3. The molecule has 4 nitrogen and oxygen atoms in total. The van der Waals surface area contributed by atoms with Crippen molar-refractivity contribution in [1.82, 2.24) is 14.5 Å². The lowest BCUT2D eigenvalue weighted by Gasteiger charge is -2.12. The maximum Gasteiger partial charge on any atom is 0.160 e. The number of aryl methyl sites for hydroxylation is 2. The van der Waals surface area contributed by atoms with E-state index in [1.807, 2.05) is 25.3 Å². The number of pyridine rings is 1. The molecule has 1 aliphatic carbocycles. The Bertz CT molecular complexity index is 843. The van der Waals surface area contributed by atoms with E-state index in [1.165, 1.54) is 18.4 Å². The van der Waals surface area contributed by atoms with Crippen LogP contribution in [-0.2, 0) is 0 Å². The number of aromatic nitrogens is 3. The van der Waals surface area contributed by atoms with Crippen LogP contribution in [0.1, 0.15) is 30.0 Å². The number of hydrogen-bond acceptors (Lipinski definition) is 3. The van der Waals surface area contributed by atoms with E-state index in [4.69, 9.17) is 10.7 Å². The number of hydrogen-bond donors (Lipinski definition) is 1. The molecule has 0 radical (unpaired) electrons. The lowest BCUT2D eigenvalue weighted by molar-refractivity contribution is 0.766. The lowest BCUT2D eigenvalue weighted by Crippen LogP contribution is -2.02. The summed E-state index contributed by atoms with van der Waals surface area (Å²) in [5.41, 5.74) is 12.4. The van der Waals surface area contributed by atoms with Crippen molar-refractivity contribution in [2.75, 3.05) is 5.73 Å². The highest BCUT2D eigenvalue weighted by molar-refractivity contribution is 5.83. The number of benzene rings is 1. The van der Waals surface area contributed by atoms with Gasteiger partial charge in [0.1, 0.15) is 11.3 Å². The van der Waals surface area contributed by atoms with E-state index >= 15 is 0 Å². The molecule has 1 saturated carbocycles. The Morgan fingerprint density at radius 1 is 1.24 bits per heavy atom. The predicted molar refractivity (Wildman–Crippen MR) is 85.1 cm³/mol. The smallest absolute Gasteiger partial charge is 0.160 e. The van der Waals surface area contributed by atoms with Crippen molar-refractivity contribution in [3.8, 4) is 11.4 Å². The van der Waals surface area contributed by atoms with Crippen LogP contribution in [0.3, 0.4) is 0 Å². The average molecular weight is 278 g/mol. The molecule has 0 atom stereocenters. The van der Waals surface area contributed by atoms with Crippen LogP contribution in [0.25, 0.3) is 22.6 Å². The Balaban J connectivity index is 2.05. The van der Waals surface area contributed by atoms with Crippen molar-refractivity contribution >= 4 is 16.9 Å². The Morgan fingerprint density at radius 3 is 2.81 bits per heavy atom. The Hall–Kier alpha value is -2.36. The number of fused-ring (bicyclic) bond motifs is 1. The molecule has 4 heteroatoms. The molecule has 1 aliphatic rings. The maximum atomic E-state index is 6.32. The van der Waals surface area contributed by atoms with Gasteiger partial charge in [0.25, 0.3) is 0 Å². The van der Waals surface area contributed by atoms with Gasteiger partial charge in [0, 0.05) is 23.5 Å². The normalized spacial score (nSPS) is 14.8. The van der Waals surface area contributed by atoms with E-state index in [-0.39, 0.29) is 0 Å². The van der Waals surface area contributed by atoms with Crippen LogP contribution >= 0.6 is 0 Å². The zero-order valence-corrected chi connectivity index (χ0v) is 12.3. The van der Waals surface area contributed by atoms with Gasteiger partial charge in [0.2, 0.25) is 0 Å². The second-order valence-corrected chi connectivity index (χ2v) is 5.93. The number of anilines is 1. The van der Waals surface area contributed by atoms with E-state index < -0.39 is 0 Å². The van der Waals surface area contributed by atoms with Crippen LogP contribution in [0, 0.1) is 13.8 Å². The van der Waals surface area contributed by atoms with Gasteiger partial charge in [-0.15, -0.1) is 0 Å². The van der Waals surface area contributed by atoms with Gasteiger partial charge in [0.05, 0.1) is 0 Å². The van der Waals surface area contributed by atoms with Gasteiger partial charge in [-0.25, -0.2) is 9.97 Å². The first-order valence-electron chi connectivity index (χ1n) is 7.35.